The van der Waals surface area contributed by atoms with Crippen LogP contribution in [0.25, 0.3) is 0 Å². The van der Waals surface area contributed by atoms with E-state index in [4.69, 9.17) is 12.8 Å². The Balaban J connectivity index is 4.21. The van der Waals surface area contributed by atoms with Gasteiger partial charge in [-0.3, -0.25) is 0 Å². The minimum atomic E-state index is -0.303. The molecule has 0 saturated heterocycles. The number of rotatable bonds is 9. The molecule has 0 rings (SSSR count). The van der Waals surface area contributed by atoms with Crippen LogP contribution in [0.5, 0.6) is 0 Å². The Bertz CT molecular complexity index is 118. The van der Waals surface area contributed by atoms with Crippen LogP contribution >= 0.6 is 0 Å². The third-order valence-electron chi connectivity index (χ3n) is 1.61. The molecule has 0 fully saturated rings. The zero-order valence-electron chi connectivity index (χ0n) is 9.59. The van der Waals surface area contributed by atoms with Gasteiger partial charge in [-0.2, -0.15) is 0 Å². The van der Waals surface area contributed by atoms with Crippen molar-refractivity contribution in [2.45, 2.75) is 33.6 Å². The molecule has 0 aliphatic rings. The number of unbranched alkanes of at least 4 members (excludes halogenated alkanes) is 1. The van der Waals surface area contributed by atoms with Gasteiger partial charge in [-0.15, -0.1) is 0 Å². The molecule has 0 aliphatic carbocycles. The van der Waals surface area contributed by atoms with Gasteiger partial charge >= 0.3 is 97.7 Å². The summed E-state index contributed by atoms with van der Waals surface area (Å²) in [6.45, 7) is 8.03. The molecule has 0 amide bonds. The molecular formula is C9H22INO3. The Hall–Kier alpha value is 0.570. The quantitative estimate of drug-likeness (QED) is 0.238. The van der Waals surface area contributed by atoms with Gasteiger partial charge in [-0.25, -0.2) is 0 Å². The van der Waals surface area contributed by atoms with E-state index in [1.165, 1.54) is 0 Å². The molecule has 0 aromatic carbocycles. The van der Waals surface area contributed by atoms with Crippen molar-refractivity contribution in [2.75, 3.05) is 24.7 Å². The summed E-state index contributed by atoms with van der Waals surface area (Å²) in [7, 11) is 0. The zero-order valence-corrected chi connectivity index (χ0v) is 11.7. The van der Waals surface area contributed by atoms with Crippen LogP contribution in [-0.4, -0.2) is 29.7 Å². The van der Waals surface area contributed by atoms with Gasteiger partial charge in [0.1, 0.15) is 0 Å². The van der Waals surface area contributed by atoms with Crippen molar-refractivity contribution < 1.29 is 39.4 Å². The first-order chi connectivity index (χ1) is 6.74. The second kappa shape index (κ2) is 8.84. The van der Waals surface area contributed by atoms with Crippen molar-refractivity contribution in [2.24, 2.45) is 0 Å². The van der Waals surface area contributed by atoms with E-state index in [0.717, 1.165) is 19.4 Å². The fourth-order valence-electron chi connectivity index (χ4n) is 1.09. The van der Waals surface area contributed by atoms with Gasteiger partial charge in [-0.1, -0.05) is 0 Å². The summed E-state index contributed by atoms with van der Waals surface area (Å²) in [5.74, 6) is 0. The number of halogens is 1. The molecule has 0 heterocycles. The van der Waals surface area contributed by atoms with Gasteiger partial charge in [-0.05, 0) is 0 Å². The third-order valence-corrected chi connectivity index (χ3v) is 2.61. The Morgan fingerprint density at radius 3 is 2.00 bits per heavy atom. The van der Waals surface area contributed by atoms with Crippen molar-refractivity contribution in [3.63, 3.8) is 0 Å². The predicted molar refractivity (Wildman–Crippen MR) is 50.3 cm³/mol. The third kappa shape index (κ3) is 5.45. The molecule has 0 saturated carbocycles. The van der Waals surface area contributed by atoms with Crippen LogP contribution in [0.4, 0.5) is 0 Å². The molecule has 0 bridgehead atoms. The van der Waals surface area contributed by atoms with E-state index < -0.39 is 0 Å². The van der Waals surface area contributed by atoms with Gasteiger partial charge in [0.05, 0.1) is 0 Å². The van der Waals surface area contributed by atoms with E-state index in [-0.39, 0.29) is 26.6 Å². The first-order valence-electron chi connectivity index (χ1n) is 5.09. The van der Waals surface area contributed by atoms with E-state index >= 15 is 0 Å². The normalized spacial score (nSPS) is 12.3. The SMILES string of the molecule is CCCC[N+](OCC)(OCC)O[I-]C. The summed E-state index contributed by atoms with van der Waals surface area (Å²) >= 11 is -0.303. The Morgan fingerprint density at radius 2 is 1.64 bits per heavy atom. The Morgan fingerprint density at radius 1 is 1.07 bits per heavy atom. The fourth-order valence-corrected chi connectivity index (χ4v) is 2.12. The molecular weight excluding hydrogens is 297 g/mol. The average Bonchev–Trinajstić information content (AvgIpc) is 2.16. The number of hydrogen-bond donors (Lipinski definition) is 0. The van der Waals surface area contributed by atoms with E-state index in [1.807, 2.05) is 13.8 Å². The van der Waals surface area contributed by atoms with E-state index in [1.54, 1.807) is 0 Å². The summed E-state index contributed by atoms with van der Waals surface area (Å²) in [6, 6.07) is 0. The van der Waals surface area contributed by atoms with Gasteiger partial charge in [0.2, 0.25) is 0 Å². The number of nitrogens with zero attached hydrogens (tertiary/aromatic N) is 1. The van der Waals surface area contributed by atoms with Crippen LogP contribution in [0.15, 0.2) is 0 Å². The second-order valence-electron chi connectivity index (χ2n) is 2.75. The first-order valence-corrected chi connectivity index (χ1v) is 8.13. The molecule has 0 spiro atoms. The fraction of sp³-hybridized carbons (Fsp3) is 1.00. The van der Waals surface area contributed by atoms with Crippen molar-refractivity contribution in [3.05, 3.63) is 0 Å². The molecule has 0 N–H and O–H groups in total. The number of quaternary nitrogens is 1. The molecule has 0 radical (unpaired) electrons. The molecule has 14 heavy (non-hydrogen) atoms. The van der Waals surface area contributed by atoms with Crippen molar-refractivity contribution in [3.8, 4) is 0 Å². The van der Waals surface area contributed by atoms with E-state index in [0.29, 0.717) is 13.2 Å². The van der Waals surface area contributed by atoms with Gasteiger partial charge in [0, 0.05) is 0 Å². The van der Waals surface area contributed by atoms with Crippen LogP contribution in [0.1, 0.15) is 33.6 Å². The van der Waals surface area contributed by atoms with E-state index in [2.05, 4.69) is 11.9 Å². The monoisotopic (exact) mass is 319 g/mol. The summed E-state index contributed by atoms with van der Waals surface area (Å²) in [6.07, 6.45) is 2.16. The molecule has 0 aromatic rings. The van der Waals surface area contributed by atoms with Gasteiger partial charge in [0.15, 0.2) is 0 Å². The van der Waals surface area contributed by atoms with Crippen LogP contribution in [0, 0.1) is 0 Å². The predicted octanol–water partition coefficient (Wildman–Crippen LogP) is -0.928. The van der Waals surface area contributed by atoms with Crippen molar-refractivity contribution >= 4 is 0 Å². The minimum absolute atomic E-state index is 0.0649. The summed E-state index contributed by atoms with van der Waals surface area (Å²) < 4.78 is 5.62. The van der Waals surface area contributed by atoms with Gasteiger partial charge in [0.25, 0.3) is 0 Å². The molecule has 4 nitrogen and oxygen atoms in total. The summed E-state index contributed by atoms with van der Waals surface area (Å²) in [5, 5.41) is 0. The van der Waals surface area contributed by atoms with Crippen molar-refractivity contribution in [1.82, 2.24) is 0 Å². The first kappa shape index (κ1) is 14.6. The van der Waals surface area contributed by atoms with Gasteiger partial charge < -0.3 is 0 Å². The Kier molecular flexibility index (Phi) is 9.20. The number of hydrogen-bond acceptors (Lipinski definition) is 3. The maximum atomic E-state index is 5.62. The van der Waals surface area contributed by atoms with Crippen LogP contribution in [0.2, 0.25) is 0 Å². The Labute approximate surface area is 97.8 Å². The standard InChI is InChI=1S/C9H22INO3/c1-5-8-9-11(12-6-2,13-7-3)14-10-4/h5-9H2,1-4H3. The topological polar surface area (TPSA) is 27.7 Å². The molecule has 5 heteroatoms. The second-order valence-corrected chi connectivity index (χ2v) is 4.02. The molecule has 0 atom stereocenters. The zero-order chi connectivity index (χ0) is 10.9. The molecule has 0 aromatic heterocycles. The van der Waals surface area contributed by atoms with E-state index in [9.17, 15) is 0 Å². The number of hydroxylamine groups is 3. The van der Waals surface area contributed by atoms with Crippen molar-refractivity contribution in [1.29, 1.82) is 0 Å². The molecule has 88 valence electrons. The molecule has 0 aliphatic heterocycles. The average molecular weight is 319 g/mol. The van der Waals surface area contributed by atoms with Crippen LogP contribution < -0.4 is 21.6 Å². The molecule has 0 unspecified atom stereocenters. The number of alkyl halides is 1. The van der Waals surface area contributed by atoms with Crippen LogP contribution in [-0.2, 0) is 12.8 Å². The summed E-state index contributed by atoms with van der Waals surface area (Å²) in [4.78, 5) is 13.1. The van der Waals surface area contributed by atoms with Crippen LogP contribution in [0.3, 0.4) is 0 Å². The maximum absolute atomic E-state index is 5.62. The summed E-state index contributed by atoms with van der Waals surface area (Å²) in [5.41, 5.74) is 0.